The van der Waals surface area contributed by atoms with Crippen molar-refractivity contribution in [1.82, 2.24) is 14.5 Å². The van der Waals surface area contributed by atoms with Gasteiger partial charge in [-0.15, -0.1) is 0 Å². The molecule has 44 heavy (non-hydrogen) atoms. The normalized spacial score (nSPS) is 11.9. The first-order chi connectivity index (χ1) is 21.4. The van der Waals surface area contributed by atoms with Crippen LogP contribution in [0, 0.1) is 10.1 Å². The van der Waals surface area contributed by atoms with Gasteiger partial charge in [0.1, 0.15) is 11.6 Å². The molecule has 1 amide bonds. The lowest BCUT2D eigenvalue weighted by Gasteiger charge is -2.32. The molecule has 1 aromatic heterocycles. The summed E-state index contributed by atoms with van der Waals surface area (Å²) in [6.07, 6.45) is 3.56. The van der Waals surface area contributed by atoms with E-state index >= 15 is 0 Å². The van der Waals surface area contributed by atoms with Crippen molar-refractivity contribution in [3.05, 3.63) is 147 Å². The van der Waals surface area contributed by atoms with Gasteiger partial charge in [0, 0.05) is 24.8 Å². The summed E-state index contributed by atoms with van der Waals surface area (Å²) in [6.45, 7) is 4.66. The zero-order valence-electron chi connectivity index (χ0n) is 24.5. The number of carbonyl (C=O) groups is 1. The number of carbonyl (C=O) groups excluding carboxylic acids is 1. The predicted octanol–water partition coefficient (Wildman–Crippen LogP) is 6.89. The van der Waals surface area contributed by atoms with Gasteiger partial charge in [-0.25, -0.2) is 4.98 Å². The van der Waals surface area contributed by atoms with Crippen LogP contribution in [0.1, 0.15) is 43.3 Å². The van der Waals surface area contributed by atoms with Crippen LogP contribution >= 0.6 is 0 Å². The molecule has 0 saturated heterocycles. The number of hydrogen-bond acceptors (Lipinski definition) is 6. The number of aromatic nitrogens is 2. The first-order valence-electron chi connectivity index (χ1n) is 14.4. The number of nitro benzene ring substituents is 1. The first-order valence-corrected chi connectivity index (χ1v) is 14.4. The molecule has 1 unspecified atom stereocenters. The van der Waals surface area contributed by atoms with Crippen LogP contribution in [-0.2, 0) is 11.3 Å². The molecule has 4 aromatic carbocycles. The van der Waals surface area contributed by atoms with Crippen LogP contribution in [0.15, 0.2) is 114 Å². The third-order valence-corrected chi connectivity index (χ3v) is 7.27. The Morgan fingerprint density at radius 1 is 0.955 bits per heavy atom. The summed E-state index contributed by atoms with van der Waals surface area (Å²) in [6, 6.07) is 29.5. The summed E-state index contributed by atoms with van der Waals surface area (Å²) < 4.78 is 7.20. The molecule has 5 rings (SSSR count). The van der Waals surface area contributed by atoms with E-state index in [1.807, 2.05) is 74.5 Å². The Balaban J connectivity index is 1.62. The number of nitro groups is 1. The molecule has 0 fully saturated rings. The van der Waals surface area contributed by atoms with Crippen LogP contribution in [0.4, 0.5) is 5.69 Å². The Morgan fingerprint density at radius 3 is 2.30 bits per heavy atom. The Hall–Kier alpha value is -5.57. The molecule has 9 heteroatoms. The van der Waals surface area contributed by atoms with Gasteiger partial charge >= 0.3 is 0 Å². The molecule has 0 aliphatic rings. The minimum Gasteiger partial charge on any atom is -0.494 e. The van der Waals surface area contributed by atoms with Gasteiger partial charge < -0.3 is 9.64 Å². The molecule has 0 bridgehead atoms. The molecule has 0 N–H and O–H groups in total. The summed E-state index contributed by atoms with van der Waals surface area (Å²) in [5.74, 6) is 0.831. The summed E-state index contributed by atoms with van der Waals surface area (Å²) in [4.78, 5) is 45.3. The Bertz CT molecular complexity index is 1850. The van der Waals surface area contributed by atoms with Crippen molar-refractivity contribution in [3.63, 3.8) is 0 Å². The molecule has 0 aliphatic heterocycles. The lowest BCUT2D eigenvalue weighted by atomic mass is 10.1. The number of amides is 1. The Kier molecular flexibility index (Phi) is 9.25. The van der Waals surface area contributed by atoms with Crippen LogP contribution < -0.4 is 10.3 Å². The SMILES string of the molecule is CCOc1ccc(-n2c(C(CC)N(Cc3ccccc3)C(=O)/C=C/c3ccc([N+](=O)[O-])cc3)nc3ccccc3c2=O)cc1. The summed E-state index contributed by atoms with van der Waals surface area (Å²) >= 11 is 0. The van der Waals surface area contributed by atoms with Crippen LogP contribution in [0.25, 0.3) is 22.7 Å². The molecular weight excluding hydrogens is 556 g/mol. The van der Waals surface area contributed by atoms with Crippen molar-refractivity contribution >= 4 is 28.6 Å². The molecule has 0 aliphatic carbocycles. The average Bonchev–Trinajstić information content (AvgIpc) is 3.05. The number of benzene rings is 4. The number of ether oxygens (including phenoxy) is 1. The van der Waals surface area contributed by atoms with E-state index in [1.165, 1.54) is 18.2 Å². The van der Waals surface area contributed by atoms with E-state index in [2.05, 4.69) is 0 Å². The summed E-state index contributed by atoms with van der Waals surface area (Å²) in [5, 5.41) is 11.5. The van der Waals surface area contributed by atoms with E-state index in [-0.39, 0.29) is 23.7 Å². The lowest BCUT2D eigenvalue weighted by Crippen LogP contribution is -2.37. The second-order valence-corrected chi connectivity index (χ2v) is 10.1. The van der Waals surface area contributed by atoms with Crippen LogP contribution in [0.3, 0.4) is 0 Å². The standard InChI is InChI=1S/C35H32N4O5/c1-3-32(34-36-31-13-9-8-12-30(31)35(41)38(34)27-19-21-29(22-20-27)44-4-2)37(24-26-10-6-5-7-11-26)33(40)23-16-25-14-17-28(18-15-25)39(42)43/h5-23,32H,3-4,24H2,1-2H3/b23-16+. The van der Waals surface area contributed by atoms with E-state index in [1.54, 1.807) is 45.9 Å². The van der Waals surface area contributed by atoms with Gasteiger partial charge in [-0.2, -0.15) is 0 Å². The molecule has 9 nitrogen and oxygen atoms in total. The predicted molar refractivity (Wildman–Crippen MR) is 171 cm³/mol. The molecule has 0 radical (unpaired) electrons. The fourth-order valence-corrected chi connectivity index (χ4v) is 5.12. The van der Waals surface area contributed by atoms with Crippen molar-refractivity contribution in [2.45, 2.75) is 32.9 Å². The molecule has 5 aromatic rings. The summed E-state index contributed by atoms with van der Waals surface area (Å²) in [5.41, 5.74) is 2.45. The Morgan fingerprint density at radius 2 is 1.64 bits per heavy atom. The minimum atomic E-state index is -0.576. The maximum Gasteiger partial charge on any atom is 0.269 e. The highest BCUT2D eigenvalue weighted by Gasteiger charge is 2.28. The summed E-state index contributed by atoms with van der Waals surface area (Å²) in [7, 11) is 0. The van der Waals surface area contributed by atoms with E-state index < -0.39 is 11.0 Å². The third-order valence-electron chi connectivity index (χ3n) is 7.27. The highest BCUT2D eigenvalue weighted by molar-refractivity contribution is 5.92. The van der Waals surface area contributed by atoms with Crippen molar-refractivity contribution in [1.29, 1.82) is 0 Å². The van der Waals surface area contributed by atoms with E-state index in [9.17, 15) is 19.7 Å². The van der Waals surface area contributed by atoms with Gasteiger partial charge in [-0.3, -0.25) is 24.3 Å². The van der Waals surface area contributed by atoms with E-state index in [4.69, 9.17) is 9.72 Å². The van der Waals surface area contributed by atoms with Crippen LogP contribution in [-0.4, -0.2) is 31.9 Å². The first kappa shape index (κ1) is 29.9. The number of rotatable bonds is 11. The fraction of sp³-hybridized carbons (Fsp3) is 0.171. The zero-order valence-corrected chi connectivity index (χ0v) is 24.5. The molecule has 1 atom stereocenters. The lowest BCUT2D eigenvalue weighted by molar-refractivity contribution is -0.384. The van der Waals surface area contributed by atoms with Crippen molar-refractivity contribution in [3.8, 4) is 11.4 Å². The van der Waals surface area contributed by atoms with E-state index in [0.29, 0.717) is 46.8 Å². The second kappa shape index (κ2) is 13.6. The second-order valence-electron chi connectivity index (χ2n) is 10.1. The zero-order chi connectivity index (χ0) is 31.1. The van der Waals surface area contributed by atoms with Gasteiger partial charge in [0.2, 0.25) is 5.91 Å². The van der Waals surface area contributed by atoms with Crippen molar-refractivity contribution in [2.75, 3.05) is 6.61 Å². The molecule has 0 saturated carbocycles. The largest absolute Gasteiger partial charge is 0.494 e. The maximum atomic E-state index is 14.0. The number of fused-ring (bicyclic) bond motifs is 1. The monoisotopic (exact) mass is 588 g/mol. The minimum absolute atomic E-state index is 0.0279. The van der Waals surface area contributed by atoms with Crippen LogP contribution in [0.5, 0.6) is 5.75 Å². The topological polar surface area (TPSA) is 108 Å². The van der Waals surface area contributed by atoms with Gasteiger partial charge in [-0.05, 0) is 79.1 Å². The van der Waals surface area contributed by atoms with Gasteiger partial charge in [0.05, 0.1) is 34.2 Å². The van der Waals surface area contributed by atoms with Gasteiger partial charge in [0.25, 0.3) is 11.2 Å². The number of para-hydroxylation sites is 1. The molecule has 1 heterocycles. The van der Waals surface area contributed by atoms with Gasteiger partial charge in [0.15, 0.2) is 0 Å². The Labute approximate surface area is 254 Å². The number of hydrogen-bond donors (Lipinski definition) is 0. The third kappa shape index (κ3) is 6.57. The number of non-ortho nitro benzene ring substituents is 1. The van der Waals surface area contributed by atoms with Crippen LogP contribution in [0.2, 0.25) is 0 Å². The smallest absolute Gasteiger partial charge is 0.269 e. The van der Waals surface area contributed by atoms with Crippen molar-refractivity contribution < 1.29 is 14.5 Å². The average molecular weight is 589 g/mol. The highest BCUT2D eigenvalue weighted by Crippen LogP contribution is 2.29. The van der Waals surface area contributed by atoms with E-state index in [0.717, 1.165) is 5.56 Å². The molecular formula is C35H32N4O5. The van der Waals surface area contributed by atoms with Crippen molar-refractivity contribution in [2.24, 2.45) is 0 Å². The number of nitrogens with zero attached hydrogens (tertiary/aromatic N) is 4. The molecule has 222 valence electrons. The quantitative estimate of drug-likeness (QED) is 0.0945. The van der Waals surface area contributed by atoms with Gasteiger partial charge in [-0.1, -0.05) is 49.4 Å². The maximum absolute atomic E-state index is 14.0. The molecule has 0 spiro atoms. The fourth-order valence-electron chi connectivity index (χ4n) is 5.12. The highest BCUT2D eigenvalue weighted by atomic mass is 16.6.